The molecular formula is C21H28N4O. The monoisotopic (exact) mass is 352 g/mol. The second kappa shape index (κ2) is 8.79. The van der Waals surface area contributed by atoms with Crippen molar-refractivity contribution in [3.8, 4) is 11.3 Å². The van der Waals surface area contributed by atoms with E-state index in [2.05, 4.69) is 46.4 Å². The summed E-state index contributed by atoms with van der Waals surface area (Å²) in [7, 11) is 0. The molecule has 1 N–H and O–H groups in total. The lowest BCUT2D eigenvalue weighted by Crippen LogP contribution is -2.43. The first-order valence-electron chi connectivity index (χ1n) is 9.61. The maximum Gasteiger partial charge on any atom is 0.224 e. The lowest BCUT2D eigenvalue weighted by molar-refractivity contribution is -0.125. The molecule has 138 valence electrons. The van der Waals surface area contributed by atoms with Crippen molar-refractivity contribution in [3.05, 3.63) is 42.0 Å². The summed E-state index contributed by atoms with van der Waals surface area (Å²) in [6.07, 6.45) is 4.09. The van der Waals surface area contributed by atoms with Gasteiger partial charge in [-0.05, 0) is 44.4 Å². The zero-order valence-corrected chi connectivity index (χ0v) is 15.7. The fourth-order valence-electron chi connectivity index (χ4n) is 3.38. The Labute approximate surface area is 155 Å². The van der Waals surface area contributed by atoms with Crippen LogP contribution in [0.2, 0.25) is 0 Å². The molecule has 1 saturated heterocycles. The van der Waals surface area contributed by atoms with E-state index >= 15 is 0 Å². The minimum Gasteiger partial charge on any atom is -0.356 e. The summed E-state index contributed by atoms with van der Waals surface area (Å²) in [6.45, 7) is 6.63. The second-order valence-electron chi connectivity index (χ2n) is 7.08. The number of rotatable bonds is 6. The van der Waals surface area contributed by atoms with Gasteiger partial charge in [0.2, 0.25) is 5.91 Å². The number of carbonyl (C=O) groups is 1. The van der Waals surface area contributed by atoms with Gasteiger partial charge in [0, 0.05) is 25.2 Å². The normalized spacial score (nSPS) is 17.2. The molecule has 0 saturated carbocycles. The van der Waals surface area contributed by atoms with Gasteiger partial charge < -0.3 is 10.2 Å². The van der Waals surface area contributed by atoms with Crippen LogP contribution in [-0.4, -0.2) is 35.7 Å². The molecule has 26 heavy (non-hydrogen) atoms. The summed E-state index contributed by atoms with van der Waals surface area (Å²) in [5.41, 5.74) is 3.17. The van der Waals surface area contributed by atoms with Crippen LogP contribution in [0.1, 0.15) is 38.2 Å². The van der Waals surface area contributed by atoms with Crippen LogP contribution in [0.15, 0.2) is 36.4 Å². The molecule has 5 heteroatoms. The molecule has 0 unspecified atom stereocenters. The van der Waals surface area contributed by atoms with Gasteiger partial charge >= 0.3 is 0 Å². The van der Waals surface area contributed by atoms with Gasteiger partial charge in [-0.3, -0.25) is 4.79 Å². The fourth-order valence-corrected chi connectivity index (χ4v) is 3.38. The number of benzene rings is 1. The SMILES string of the molecule is CCCCNC(=O)[C@@H]1CCCN(c2ccc(-c3cccc(C)c3)nn2)C1. The average Bonchev–Trinajstić information content (AvgIpc) is 2.68. The second-order valence-corrected chi connectivity index (χ2v) is 7.08. The van der Waals surface area contributed by atoms with Crippen molar-refractivity contribution >= 4 is 11.7 Å². The number of aromatic nitrogens is 2. The first kappa shape index (κ1) is 18.4. The molecule has 0 aliphatic carbocycles. The minimum absolute atomic E-state index is 0.0406. The van der Waals surface area contributed by atoms with E-state index in [-0.39, 0.29) is 11.8 Å². The highest BCUT2D eigenvalue weighted by atomic mass is 16.1. The van der Waals surface area contributed by atoms with Crippen LogP contribution in [0.3, 0.4) is 0 Å². The van der Waals surface area contributed by atoms with E-state index in [1.807, 2.05) is 24.3 Å². The average molecular weight is 352 g/mol. The van der Waals surface area contributed by atoms with E-state index < -0.39 is 0 Å². The maximum atomic E-state index is 12.3. The standard InChI is InChI=1S/C21H28N4O/c1-3-4-12-22-21(26)18-9-6-13-25(15-18)20-11-10-19(23-24-20)17-8-5-7-16(2)14-17/h5,7-8,10-11,14,18H,3-4,6,9,12-13,15H2,1-2H3,(H,22,26)/t18-/m1/s1. The molecule has 3 rings (SSSR count). The van der Waals surface area contributed by atoms with Crippen LogP contribution in [-0.2, 0) is 4.79 Å². The highest BCUT2D eigenvalue weighted by Crippen LogP contribution is 2.23. The summed E-state index contributed by atoms with van der Waals surface area (Å²) >= 11 is 0. The zero-order valence-electron chi connectivity index (χ0n) is 15.7. The van der Waals surface area contributed by atoms with Gasteiger partial charge in [-0.2, -0.15) is 0 Å². The Morgan fingerprint density at radius 1 is 1.27 bits per heavy atom. The van der Waals surface area contributed by atoms with Crippen molar-refractivity contribution in [2.45, 2.75) is 39.5 Å². The highest BCUT2D eigenvalue weighted by molar-refractivity contribution is 5.79. The molecule has 1 atom stereocenters. The topological polar surface area (TPSA) is 58.1 Å². The van der Waals surface area contributed by atoms with Crippen molar-refractivity contribution in [2.24, 2.45) is 5.92 Å². The van der Waals surface area contributed by atoms with E-state index in [9.17, 15) is 4.79 Å². The van der Waals surface area contributed by atoms with E-state index in [0.29, 0.717) is 0 Å². The van der Waals surface area contributed by atoms with Gasteiger partial charge in [0.25, 0.3) is 0 Å². The van der Waals surface area contributed by atoms with Gasteiger partial charge in [-0.15, -0.1) is 10.2 Å². The quantitative estimate of drug-likeness (QED) is 0.807. The van der Waals surface area contributed by atoms with Crippen LogP contribution in [0.4, 0.5) is 5.82 Å². The molecule has 2 aromatic rings. The fraction of sp³-hybridized carbons (Fsp3) is 0.476. The third kappa shape index (κ3) is 4.59. The van der Waals surface area contributed by atoms with Crippen molar-refractivity contribution in [1.29, 1.82) is 0 Å². The molecule has 1 aliphatic heterocycles. The zero-order chi connectivity index (χ0) is 18.4. The van der Waals surface area contributed by atoms with Gasteiger partial charge in [0.15, 0.2) is 5.82 Å². The van der Waals surface area contributed by atoms with Crippen LogP contribution in [0.25, 0.3) is 11.3 Å². The number of amides is 1. The number of nitrogens with one attached hydrogen (secondary N) is 1. The largest absolute Gasteiger partial charge is 0.356 e. The number of carbonyl (C=O) groups excluding carboxylic acids is 1. The first-order valence-corrected chi connectivity index (χ1v) is 9.61. The van der Waals surface area contributed by atoms with Crippen LogP contribution >= 0.6 is 0 Å². The van der Waals surface area contributed by atoms with E-state index in [1.54, 1.807) is 0 Å². The number of nitrogens with zero attached hydrogens (tertiary/aromatic N) is 3. The van der Waals surface area contributed by atoms with E-state index in [0.717, 1.165) is 62.4 Å². The molecule has 0 radical (unpaired) electrons. The van der Waals surface area contributed by atoms with Crippen LogP contribution in [0.5, 0.6) is 0 Å². The smallest absolute Gasteiger partial charge is 0.224 e. The molecular weight excluding hydrogens is 324 g/mol. The number of anilines is 1. The van der Waals surface area contributed by atoms with Gasteiger partial charge in [-0.1, -0.05) is 37.1 Å². The lowest BCUT2D eigenvalue weighted by Gasteiger charge is -2.32. The molecule has 1 amide bonds. The Morgan fingerprint density at radius 3 is 2.88 bits per heavy atom. The Bertz CT molecular complexity index is 729. The summed E-state index contributed by atoms with van der Waals surface area (Å²) in [6, 6.07) is 12.3. The van der Waals surface area contributed by atoms with E-state index in [4.69, 9.17) is 0 Å². The van der Waals surface area contributed by atoms with Crippen molar-refractivity contribution in [2.75, 3.05) is 24.5 Å². The van der Waals surface area contributed by atoms with E-state index in [1.165, 1.54) is 5.56 Å². The minimum atomic E-state index is 0.0406. The summed E-state index contributed by atoms with van der Waals surface area (Å²) in [5.74, 6) is 1.07. The molecule has 5 nitrogen and oxygen atoms in total. The maximum absolute atomic E-state index is 12.3. The summed E-state index contributed by atoms with van der Waals surface area (Å²) < 4.78 is 0. The molecule has 0 bridgehead atoms. The predicted molar refractivity (Wildman–Crippen MR) is 105 cm³/mol. The van der Waals surface area contributed by atoms with Crippen molar-refractivity contribution in [3.63, 3.8) is 0 Å². The Morgan fingerprint density at radius 2 is 2.15 bits per heavy atom. The number of hydrogen-bond acceptors (Lipinski definition) is 4. The number of unbranched alkanes of at least 4 members (excludes halogenated alkanes) is 1. The number of hydrogen-bond donors (Lipinski definition) is 1. The van der Waals surface area contributed by atoms with Gasteiger partial charge in [0.05, 0.1) is 11.6 Å². The summed E-state index contributed by atoms with van der Waals surface area (Å²) in [4.78, 5) is 14.5. The Hall–Kier alpha value is -2.43. The molecule has 1 fully saturated rings. The van der Waals surface area contributed by atoms with Crippen molar-refractivity contribution < 1.29 is 4.79 Å². The molecule has 2 heterocycles. The molecule has 0 spiro atoms. The van der Waals surface area contributed by atoms with Crippen LogP contribution < -0.4 is 10.2 Å². The van der Waals surface area contributed by atoms with Gasteiger partial charge in [-0.25, -0.2) is 0 Å². The van der Waals surface area contributed by atoms with Crippen molar-refractivity contribution in [1.82, 2.24) is 15.5 Å². The first-order chi connectivity index (χ1) is 12.7. The highest BCUT2D eigenvalue weighted by Gasteiger charge is 2.26. The molecule has 1 aromatic carbocycles. The number of aryl methyl sites for hydroxylation is 1. The summed E-state index contributed by atoms with van der Waals surface area (Å²) in [5, 5.41) is 11.9. The number of piperidine rings is 1. The third-order valence-corrected chi connectivity index (χ3v) is 4.91. The van der Waals surface area contributed by atoms with Gasteiger partial charge in [0.1, 0.15) is 0 Å². The third-order valence-electron chi connectivity index (χ3n) is 4.91. The Balaban J connectivity index is 1.64. The van der Waals surface area contributed by atoms with Crippen LogP contribution in [0, 0.1) is 12.8 Å². The lowest BCUT2D eigenvalue weighted by atomic mass is 9.97. The molecule has 1 aliphatic rings. The molecule has 1 aromatic heterocycles. The Kier molecular flexibility index (Phi) is 6.21. The predicted octanol–water partition coefficient (Wildman–Crippen LogP) is 3.58.